The van der Waals surface area contributed by atoms with E-state index < -0.39 is 10.2 Å². The standard InChI is InChI=1S/C5H12N2O2S2/c1-10-5-3-2-4(5)7-11(6,8)9/h4-5,7H,2-3H2,1H3,(H2,6,8,9). The predicted octanol–water partition coefficient (Wildman–Crippen LogP) is -0.326. The van der Waals surface area contributed by atoms with Crippen molar-refractivity contribution in [2.45, 2.75) is 24.1 Å². The van der Waals surface area contributed by atoms with Gasteiger partial charge in [0.15, 0.2) is 0 Å². The van der Waals surface area contributed by atoms with Crippen molar-refractivity contribution in [3.63, 3.8) is 0 Å². The maximum Gasteiger partial charge on any atom is 0.274 e. The molecule has 2 atom stereocenters. The first kappa shape index (κ1) is 9.31. The first-order valence-electron chi connectivity index (χ1n) is 3.36. The second-order valence-corrected chi connectivity index (χ2v) is 5.02. The van der Waals surface area contributed by atoms with E-state index in [1.54, 1.807) is 11.8 Å². The summed E-state index contributed by atoms with van der Waals surface area (Å²) in [6, 6.07) is 0.0556. The lowest BCUT2D eigenvalue weighted by Gasteiger charge is -2.34. The monoisotopic (exact) mass is 196 g/mol. The summed E-state index contributed by atoms with van der Waals surface area (Å²) in [7, 11) is -3.49. The Hall–Kier alpha value is 0.220. The minimum absolute atomic E-state index is 0.0556. The summed E-state index contributed by atoms with van der Waals surface area (Å²) < 4.78 is 23.5. The summed E-state index contributed by atoms with van der Waals surface area (Å²) >= 11 is 1.68. The predicted molar refractivity (Wildman–Crippen MR) is 46.6 cm³/mol. The molecule has 0 aromatic rings. The van der Waals surface area contributed by atoms with Gasteiger partial charge < -0.3 is 0 Å². The normalized spacial score (nSPS) is 31.5. The van der Waals surface area contributed by atoms with Gasteiger partial charge in [-0.15, -0.1) is 0 Å². The highest BCUT2D eigenvalue weighted by atomic mass is 32.2. The summed E-state index contributed by atoms with van der Waals surface area (Å²) in [5.74, 6) is 0. The van der Waals surface area contributed by atoms with Crippen LogP contribution in [0, 0.1) is 0 Å². The molecule has 0 aromatic heterocycles. The van der Waals surface area contributed by atoms with Gasteiger partial charge in [0.25, 0.3) is 10.2 Å². The molecule has 0 spiro atoms. The van der Waals surface area contributed by atoms with Crippen molar-refractivity contribution in [1.82, 2.24) is 4.72 Å². The number of nitrogens with two attached hydrogens (primary N) is 1. The van der Waals surface area contributed by atoms with E-state index in [4.69, 9.17) is 5.14 Å². The Morgan fingerprint density at radius 2 is 2.18 bits per heavy atom. The smallest absolute Gasteiger partial charge is 0.216 e. The van der Waals surface area contributed by atoms with E-state index in [0.717, 1.165) is 12.8 Å². The topological polar surface area (TPSA) is 72.2 Å². The average molecular weight is 196 g/mol. The van der Waals surface area contributed by atoms with Gasteiger partial charge in [-0.3, -0.25) is 0 Å². The maximum atomic E-state index is 10.6. The summed E-state index contributed by atoms with van der Waals surface area (Å²) in [5.41, 5.74) is 0. The highest BCUT2D eigenvalue weighted by Crippen LogP contribution is 2.30. The van der Waals surface area contributed by atoms with E-state index >= 15 is 0 Å². The lowest BCUT2D eigenvalue weighted by atomic mass is 9.93. The van der Waals surface area contributed by atoms with Gasteiger partial charge >= 0.3 is 0 Å². The van der Waals surface area contributed by atoms with Crippen LogP contribution in [0.1, 0.15) is 12.8 Å². The highest BCUT2D eigenvalue weighted by molar-refractivity contribution is 7.99. The third-order valence-corrected chi connectivity index (χ3v) is 3.63. The van der Waals surface area contributed by atoms with E-state index in [0.29, 0.717) is 5.25 Å². The molecule has 0 radical (unpaired) electrons. The summed E-state index contributed by atoms with van der Waals surface area (Å²) in [4.78, 5) is 0. The van der Waals surface area contributed by atoms with E-state index in [1.165, 1.54) is 0 Å². The summed E-state index contributed by atoms with van der Waals surface area (Å²) in [6.07, 6.45) is 3.96. The maximum absolute atomic E-state index is 10.6. The van der Waals surface area contributed by atoms with Gasteiger partial charge in [-0.1, -0.05) is 0 Å². The third kappa shape index (κ3) is 2.62. The van der Waals surface area contributed by atoms with Gasteiger partial charge in [0.05, 0.1) is 0 Å². The second-order valence-electron chi connectivity index (χ2n) is 2.62. The van der Waals surface area contributed by atoms with Crippen LogP contribution in [-0.4, -0.2) is 26.0 Å². The van der Waals surface area contributed by atoms with Gasteiger partial charge in [-0.25, -0.2) is 5.14 Å². The zero-order valence-corrected chi connectivity index (χ0v) is 7.91. The summed E-state index contributed by atoms with van der Waals surface area (Å²) in [6.45, 7) is 0. The zero-order chi connectivity index (χ0) is 8.48. The van der Waals surface area contributed by atoms with Crippen LogP contribution in [0.2, 0.25) is 0 Å². The molecule has 2 unspecified atom stereocenters. The zero-order valence-electron chi connectivity index (χ0n) is 6.28. The average Bonchev–Trinajstić information content (AvgIpc) is 1.80. The van der Waals surface area contributed by atoms with Crippen LogP contribution in [0.15, 0.2) is 0 Å². The quantitative estimate of drug-likeness (QED) is 0.649. The molecule has 6 heteroatoms. The Morgan fingerprint density at radius 3 is 2.45 bits per heavy atom. The Morgan fingerprint density at radius 1 is 1.55 bits per heavy atom. The number of hydrogen-bond donors (Lipinski definition) is 2. The van der Waals surface area contributed by atoms with Crippen molar-refractivity contribution in [3.05, 3.63) is 0 Å². The first-order valence-corrected chi connectivity index (χ1v) is 6.19. The van der Waals surface area contributed by atoms with Crippen molar-refractivity contribution in [1.29, 1.82) is 0 Å². The van der Waals surface area contributed by atoms with Crippen LogP contribution >= 0.6 is 11.8 Å². The van der Waals surface area contributed by atoms with Gasteiger partial charge in [-0.05, 0) is 19.1 Å². The van der Waals surface area contributed by atoms with Gasteiger partial charge in [0.1, 0.15) is 0 Å². The fourth-order valence-corrected chi connectivity index (χ4v) is 2.79. The molecule has 11 heavy (non-hydrogen) atoms. The number of hydrogen-bond acceptors (Lipinski definition) is 3. The van der Waals surface area contributed by atoms with E-state index in [9.17, 15) is 8.42 Å². The molecule has 1 aliphatic rings. The minimum Gasteiger partial charge on any atom is -0.216 e. The Kier molecular flexibility index (Phi) is 2.79. The molecule has 1 saturated carbocycles. The fraction of sp³-hybridized carbons (Fsp3) is 1.00. The Balaban J connectivity index is 2.40. The number of thioether (sulfide) groups is 1. The van der Waals surface area contributed by atoms with Crippen molar-refractivity contribution in [2.75, 3.05) is 6.26 Å². The van der Waals surface area contributed by atoms with Crippen LogP contribution in [0.3, 0.4) is 0 Å². The third-order valence-electron chi connectivity index (χ3n) is 1.83. The summed E-state index contributed by atoms with van der Waals surface area (Å²) in [5, 5.41) is 5.23. The number of nitrogens with one attached hydrogen (secondary N) is 1. The lowest BCUT2D eigenvalue weighted by molar-refractivity contribution is 0.399. The Labute approximate surface area is 71.1 Å². The van der Waals surface area contributed by atoms with E-state index in [1.807, 2.05) is 6.26 Å². The van der Waals surface area contributed by atoms with E-state index in [2.05, 4.69) is 4.72 Å². The molecular weight excluding hydrogens is 184 g/mol. The molecular formula is C5H12N2O2S2. The molecule has 66 valence electrons. The molecule has 0 saturated heterocycles. The van der Waals surface area contributed by atoms with Gasteiger partial charge in [-0.2, -0.15) is 24.9 Å². The van der Waals surface area contributed by atoms with Crippen molar-refractivity contribution in [2.24, 2.45) is 5.14 Å². The molecule has 0 bridgehead atoms. The lowest BCUT2D eigenvalue weighted by Crippen LogP contribution is -2.50. The van der Waals surface area contributed by atoms with Crippen LogP contribution in [0.25, 0.3) is 0 Å². The van der Waals surface area contributed by atoms with Gasteiger partial charge in [0, 0.05) is 11.3 Å². The molecule has 0 heterocycles. The molecule has 1 fully saturated rings. The van der Waals surface area contributed by atoms with Crippen molar-refractivity contribution in [3.8, 4) is 0 Å². The molecule has 3 N–H and O–H groups in total. The molecule has 1 aliphatic carbocycles. The first-order chi connectivity index (χ1) is 5.03. The van der Waals surface area contributed by atoms with Crippen LogP contribution in [0.4, 0.5) is 0 Å². The molecule has 1 rings (SSSR count). The largest absolute Gasteiger partial charge is 0.274 e. The van der Waals surface area contributed by atoms with Crippen molar-refractivity contribution < 1.29 is 8.42 Å². The second kappa shape index (κ2) is 3.30. The highest BCUT2D eigenvalue weighted by Gasteiger charge is 2.32. The van der Waals surface area contributed by atoms with Crippen LogP contribution < -0.4 is 9.86 Å². The minimum atomic E-state index is -3.49. The molecule has 0 aromatic carbocycles. The van der Waals surface area contributed by atoms with Crippen LogP contribution in [0.5, 0.6) is 0 Å². The number of rotatable bonds is 3. The molecule has 0 aliphatic heterocycles. The SMILES string of the molecule is CSC1CCC1NS(N)(=O)=O. The molecule has 0 amide bonds. The van der Waals surface area contributed by atoms with Crippen molar-refractivity contribution >= 4 is 22.0 Å². The van der Waals surface area contributed by atoms with Gasteiger partial charge in [0.2, 0.25) is 0 Å². The Bertz CT molecular complexity index is 225. The molecule has 4 nitrogen and oxygen atoms in total. The van der Waals surface area contributed by atoms with E-state index in [-0.39, 0.29) is 6.04 Å². The van der Waals surface area contributed by atoms with Crippen LogP contribution in [-0.2, 0) is 10.2 Å². The fourth-order valence-electron chi connectivity index (χ4n) is 1.10.